The normalized spacial score (nSPS) is 11.4. The highest BCUT2D eigenvalue weighted by Gasteiger charge is 2.25. The van der Waals surface area contributed by atoms with E-state index in [2.05, 4.69) is 0 Å². The summed E-state index contributed by atoms with van der Waals surface area (Å²) in [7, 11) is 0. The fourth-order valence-electron chi connectivity index (χ4n) is 1.63. The molecule has 0 spiro atoms. The van der Waals surface area contributed by atoms with Gasteiger partial charge in [0.15, 0.2) is 0 Å². The maximum atomic E-state index is 11.8. The summed E-state index contributed by atoms with van der Waals surface area (Å²) < 4.78 is 9.94. The Morgan fingerprint density at radius 1 is 1.05 bits per heavy atom. The van der Waals surface area contributed by atoms with Crippen LogP contribution in [0.4, 0.5) is 0 Å². The van der Waals surface area contributed by atoms with Gasteiger partial charge in [-0.05, 0) is 45.4 Å². The lowest BCUT2D eigenvalue weighted by Gasteiger charge is -2.17. The molecule has 1 aromatic rings. The van der Waals surface area contributed by atoms with Gasteiger partial charge >= 0.3 is 11.9 Å². The van der Waals surface area contributed by atoms with E-state index in [4.69, 9.17) is 9.47 Å². The Bertz CT molecular complexity index is 512. The lowest BCUT2D eigenvalue weighted by Crippen LogP contribution is -2.24. The average molecular weight is 290 g/mol. The molecule has 0 N–H and O–H groups in total. The minimum absolute atomic E-state index is 0.260. The third-order valence-corrected chi connectivity index (χ3v) is 2.92. The highest BCUT2D eigenvalue weighted by molar-refractivity contribution is 5.89. The first-order chi connectivity index (χ1) is 9.90. The molecule has 0 bridgehead atoms. The molecule has 0 unspecified atom stereocenters. The molecule has 0 aliphatic heterocycles. The monoisotopic (exact) mass is 290 g/mol. The molecule has 1 aromatic carbocycles. The summed E-state index contributed by atoms with van der Waals surface area (Å²) in [6.45, 7) is 7.87. The van der Waals surface area contributed by atoms with Crippen LogP contribution in [0.1, 0.15) is 43.6 Å². The van der Waals surface area contributed by atoms with Gasteiger partial charge in [-0.15, -0.1) is 0 Å². The van der Waals surface area contributed by atoms with Crippen LogP contribution in [0.25, 0.3) is 6.08 Å². The largest absolute Gasteiger partial charge is 0.465 e. The maximum Gasteiger partial charge on any atom is 0.338 e. The van der Waals surface area contributed by atoms with Gasteiger partial charge in [0.2, 0.25) is 0 Å². The zero-order valence-electron chi connectivity index (χ0n) is 13.0. The number of carbonyl (C=O) groups is 2. The standard InChI is InChI=1S/C17H22O4/c1-5-20-15(18)14-9-7-13(8-10-14)11-12-17(3,4)16(19)21-6-2/h7-12H,5-6H2,1-4H3/b12-11-. The number of hydrogen-bond acceptors (Lipinski definition) is 4. The predicted octanol–water partition coefficient (Wildman–Crippen LogP) is 3.47. The van der Waals surface area contributed by atoms with E-state index in [1.165, 1.54) is 0 Å². The molecule has 4 nitrogen and oxygen atoms in total. The van der Waals surface area contributed by atoms with Crippen molar-refractivity contribution in [2.24, 2.45) is 5.41 Å². The lowest BCUT2D eigenvalue weighted by atomic mass is 9.92. The fourth-order valence-corrected chi connectivity index (χ4v) is 1.63. The van der Waals surface area contributed by atoms with Crippen molar-refractivity contribution in [3.8, 4) is 0 Å². The van der Waals surface area contributed by atoms with Crippen molar-refractivity contribution >= 4 is 18.0 Å². The zero-order valence-corrected chi connectivity index (χ0v) is 13.0. The van der Waals surface area contributed by atoms with E-state index in [9.17, 15) is 9.59 Å². The van der Waals surface area contributed by atoms with Crippen molar-refractivity contribution in [2.75, 3.05) is 13.2 Å². The molecular formula is C17H22O4. The minimum atomic E-state index is -0.685. The molecule has 0 saturated heterocycles. The van der Waals surface area contributed by atoms with Crippen molar-refractivity contribution in [3.63, 3.8) is 0 Å². The molecule has 0 atom stereocenters. The van der Waals surface area contributed by atoms with Crippen molar-refractivity contribution in [3.05, 3.63) is 41.5 Å². The summed E-state index contributed by atoms with van der Waals surface area (Å²) >= 11 is 0. The van der Waals surface area contributed by atoms with Crippen molar-refractivity contribution in [1.82, 2.24) is 0 Å². The Hall–Kier alpha value is -2.10. The topological polar surface area (TPSA) is 52.6 Å². The van der Waals surface area contributed by atoms with E-state index in [1.807, 2.05) is 18.2 Å². The van der Waals surface area contributed by atoms with Crippen LogP contribution in [0.3, 0.4) is 0 Å². The molecule has 0 aromatic heterocycles. The third-order valence-electron chi connectivity index (χ3n) is 2.92. The van der Waals surface area contributed by atoms with Gasteiger partial charge in [0.25, 0.3) is 0 Å². The summed E-state index contributed by atoms with van der Waals surface area (Å²) in [6.07, 6.45) is 3.64. The molecule has 4 heteroatoms. The van der Waals surface area contributed by atoms with Gasteiger partial charge in [-0.3, -0.25) is 4.79 Å². The molecule has 0 heterocycles. The SMILES string of the molecule is CCOC(=O)c1ccc(/C=C\C(C)(C)C(=O)OCC)cc1. The Balaban J connectivity index is 2.77. The maximum absolute atomic E-state index is 11.8. The summed E-state index contributed by atoms with van der Waals surface area (Å²) in [5, 5.41) is 0. The molecular weight excluding hydrogens is 268 g/mol. The smallest absolute Gasteiger partial charge is 0.338 e. The minimum Gasteiger partial charge on any atom is -0.465 e. The van der Waals surface area contributed by atoms with E-state index in [0.29, 0.717) is 18.8 Å². The van der Waals surface area contributed by atoms with Crippen LogP contribution in [0, 0.1) is 5.41 Å². The van der Waals surface area contributed by atoms with Gasteiger partial charge < -0.3 is 9.47 Å². The molecule has 0 aliphatic carbocycles. The summed E-state index contributed by atoms with van der Waals surface area (Å²) in [6, 6.07) is 7.03. The first-order valence-corrected chi connectivity index (χ1v) is 7.04. The zero-order chi connectivity index (χ0) is 15.9. The van der Waals surface area contributed by atoms with Crippen LogP contribution in [0.2, 0.25) is 0 Å². The second kappa shape index (κ2) is 7.62. The van der Waals surface area contributed by atoms with Gasteiger partial charge in [-0.25, -0.2) is 4.79 Å². The first kappa shape index (κ1) is 17.0. The van der Waals surface area contributed by atoms with Crippen LogP contribution in [-0.4, -0.2) is 25.2 Å². The summed E-state index contributed by atoms with van der Waals surface area (Å²) in [5.74, 6) is -0.593. The Kier molecular flexibility index (Phi) is 6.15. The Morgan fingerprint density at radius 3 is 2.14 bits per heavy atom. The second-order valence-corrected chi connectivity index (χ2v) is 5.12. The molecule has 0 fully saturated rings. The molecule has 0 amide bonds. The Labute approximate surface area is 125 Å². The van der Waals surface area contributed by atoms with Crippen molar-refractivity contribution in [2.45, 2.75) is 27.7 Å². The van der Waals surface area contributed by atoms with E-state index in [0.717, 1.165) is 5.56 Å². The first-order valence-electron chi connectivity index (χ1n) is 7.04. The lowest BCUT2D eigenvalue weighted by molar-refractivity contribution is -0.150. The number of benzene rings is 1. The highest BCUT2D eigenvalue weighted by atomic mass is 16.5. The van der Waals surface area contributed by atoms with E-state index >= 15 is 0 Å². The third kappa shape index (κ3) is 5.06. The summed E-state index contributed by atoms with van der Waals surface area (Å²) in [5.41, 5.74) is 0.731. The van der Waals surface area contributed by atoms with Crippen molar-refractivity contribution < 1.29 is 19.1 Å². The number of hydrogen-bond donors (Lipinski definition) is 0. The number of rotatable bonds is 6. The van der Waals surface area contributed by atoms with Crippen LogP contribution in [0.15, 0.2) is 30.3 Å². The van der Waals surface area contributed by atoms with Gasteiger partial charge in [0, 0.05) is 0 Å². The van der Waals surface area contributed by atoms with Gasteiger partial charge in [-0.2, -0.15) is 0 Å². The van der Waals surface area contributed by atoms with E-state index < -0.39 is 5.41 Å². The van der Waals surface area contributed by atoms with Crippen LogP contribution in [0.5, 0.6) is 0 Å². The van der Waals surface area contributed by atoms with Gasteiger partial charge in [0.05, 0.1) is 24.2 Å². The number of carbonyl (C=O) groups excluding carboxylic acids is 2. The predicted molar refractivity (Wildman–Crippen MR) is 81.8 cm³/mol. The molecule has 0 aliphatic rings. The second-order valence-electron chi connectivity index (χ2n) is 5.12. The molecule has 0 saturated carbocycles. The summed E-state index contributed by atoms with van der Waals surface area (Å²) in [4.78, 5) is 23.3. The molecule has 1 rings (SSSR count). The van der Waals surface area contributed by atoms with E-state index in [-0.39, 0.29) is 11.9 Å². The number of esters is 2. The van der Waals surface area contributed by atoms with Crippen LogP contribution in [-0.2, 0) is 14.3 Å². The highest BCUT2D eigenvalue weighted by Crippen LogP contribution is 2.21. The van der Waals surface area contributed by atoms with Crippen molar-refractivity contribution in [1.29, 1.82) is 0 Å². The Morgan fingerprint density at radius 2 is 1.62 bits per heavy atom. The molecule has 114 valence electrons. The van der Waals surface area contributed by atoms with Crippen LogP contribution >= 0.6 is 0 Å². The average Bonchev–Trinajstić information content (AvgIpc) is 2.46. The fraction of sp³-hybridized carbons (Fsp3) is 0.412. The van der Waals surface area contributed by atoms with Gasteiger partial charge in [0.1, 0.15) is 0 Å². The van der Waals surface area contributed by atoms with Crippen LogP contribution < -0.4 is 0 Å². The molecule has 0 radical (unpaired) electrons. The number of ether oxygens (including phenoxy) is 2. The van der Waals surface area contributed by atoms with Gasteiger partial charge in [-0.1, -0.05) is 24.3 Å². The quantitative estimate of drug-likeness (QED) is 0.753. The van der Waals surface area contributed by atoms with E-state index in [1.54, 1.807) is 45.9 Å². The molecule has 21 heavy (non-hydrogen) atoms.